The van der Waals surface area contributed by atoms with Crippen molar-refractivity contribution in [3.8, 4) is 0 Å². The fourth-order valence-electron chi connectivity index (χ4n) is 4.41. The molecule has 15 nitrogen and oxygen atoms in total. The van der Waals surface area contributed by atoms with E-state index < -0.39 is 18.0 Å². The van der Waals surface area contributed by atoms with E-state index in [0.717, 1.165) is 64.2 Å². The molecule has 0 bridgehead atoms. The minimum absolute atomic E-state index is 0.0216. The molecule has 48 heavy (non-hydrogen) atoms. The normalized spacial score (nSPS) is 11.4. The van der Waals surface area contributed by atoms with Crippen LogP contribution in [0.1, 0.15) is 96.3 Å². The van der Waals surface area contributed by atoms with E-state index in [1.165, 1.54) is 0 Å². The number of carbonyl (C=O) groups is 6. The summed E-state index contributed by atoms with van der Waals surface area (Å²) in [6, 6.07) is -1.13. The maximum atomic E-state index is 12.2. The first-order valence-corrected chi connectivity index (χ1v) is 18.5. The number of aliphatic carboxylic acids is 2. The topological polar surface area (TPSA) is 219 Å². The van der Waals surface area contributed by atoms with E-state index in [4.69, 9.17) is 19.3 Å². The number of ether oxygens (including phenoxy) is 3. The first-order valence-electron chi connectivity index (χ1n) is 17.0. The Morgan fingerprint density at radius 3 is 1.50 bits per heavy atom. The molecule has 0 aliphatic heterocycles. The van der Waals surface area contributed by atoms with Crippen molar-refractivity contribution in [2.75, 3.05) is 63.7 Å². The maximum absolute atomic E-state index is 12.2. The summed E-state index contributed by atoms with van der Waals surface area (Å²) >= 11 is 1.97. The predicted molar refractivity (Wildman–Crippen MR) is 187 cm³/mol. The van der Waals surface area contributed by atoms with Gasteiger partial charge in [-0.3, -0.25) is 24.0 Å². The Morgan fingerprint density at radius 2 is 0.979 bits per heavy atom. The van der Waals surface area contributed by atoms with Crippen LogP contribution < -0.4 is 21.3 Å². The van der Waals surface area contributed by atoms with E-state index in [-0.39, 0.29) is 82.3 Å². The molecule has 0 spiro atoms. The van der Waals surface area contributed by atoms with E-state index in [1.807, 2.05) is 22.6 Å². The summed E-state index contributed by atoms with van der Waals surface area (Å²) in [7, 11) is 0. The summed E-state index contributed by atoms with van der Waals surface area (Å²) in [5.74, 6) is -2.95. The molecule has 0 aromatic rings. The summed E-state index contributed by atoms with van der Waals surface area (Å²) in [4.78, 5) is 69.2. The Labute approximate surface area is 297 Å². The third-order valence-electron chi connectivity index (χ3n) is 7.02. The highest BCUT2D eigenvalue weighted by Crippen LogP contribution is 2.12. The van der Waals surface area contributed by atoms with Crippen molar-refractivity contribution < 1.29 is 53.2 Å². The molecule has 278 valence electrons. The van der Waals surface area contributed by atoms with Crippen LogP contribution in [-0.2, 0) is 43.0 Å². The Bertz CT molecular complexity index is 911. The van der Waals surface area contributed by atoms with E-state index in [0.29, 0.717) is 37.2 Å². The number of hydrogen-bond donors (Lipinski definition) is 6. The van der Waals surface area contributed by atoms with Gasteiger partial charge in [-0.15, -0.1) is 0 Å². The largest absolute Gasteiger partial charge is 0.481 e. The van der Waals surface area contributed by atoms with Crippen LogP contribution in [0.25, 0.3) is 0 Å². The van der Waals surface area contributed by atoms with E-state index >= 15 is 0 Å². The predicted octanol–water partition coefficient (Wildman–Crippen LogP) is 2.33. The molecule has 0 unspecified atom stereocenters. The molecule has 0 radical (unpaired) electrons. The van der Waals surface area contributed by atoms with Crippen LogP contribution >= 0.6 is 22.6 Å². The van der Waals surface area contributed by atoms with Crippen LogP contribution in [0.5, 0.6) is 0 Å². The Kier molecular flexibility index (Phi) is 31.2. The molecule has 0 heterocycles. The minimum atomic E-state index is -1.18. The number of alkyl halides is 1. The number of amides is 4. The van der Waals surface area contributed by atoms with E-state index in [2.05, 4.69) is 21.3 Å². The Balaban J connectivity index is 3.70. The number of carboxylic acid groups (broad SMARTS) is 2. The van der Waals surface area contributed by atoms with Crippen molar-refractivity contribution in [3.63, 3.8) is 0 Å². The number of hydrogen-bond acceptors (Lipinski definition) is 9. The molecule has 6 N–H and O–H groups in total. The molecular weight excluding hydrogens is 743 g/mol. The van der Waals surface area contributed by atoms with Gasteiger partial charge in [0.1, 0.15) is 12.6 Å². The number of halogens is 1. The van der Waals surface area contributed by atoms with Crippen molar-refractivity contribution in [1.82, 2.24) is 21.3 Å². The van der Waals surface area contributed by atoms with Gasteiger partial charge >= 0.3 is 11.9 Å². The van der Waals surface area contributed by atoms with Gasteiger partial charge in [-0.05, 0) is 19.3 Å². The van der Waals surface area contributed by atoms with Crippen LogP contribution in [0.2, 0.25) is 0 Å². The van der Waals surface area contributed by atoms with Crippen molar-refractivity contribution >= 4 is 58.2 Å². The highest BCUT2D eigenvalue weighted by molar-refractivity contribution is 14.1. The van der Waals surface area contributed by atoms with Gasteiger partial charge in [0.25, 0.3) is 0 Å². The molecule has 0 aromatic carbocycles. The average Bonchev–Trinajstić information content (AvgIpc) is 3.05. The van der Waals surface area contributed by atoms with E-state index in [1.54, 1.807) is 0 Å². The molecule has 0 saturated heterocycles. The quantitative estimate of drug-likeness (QED) is 0.0315. The zero-order valence-corrected chi connectivity index (χ0v) is 30.4. The first kappa shape index (κ1) is 45.4. The van der Waals surface area contributed by atoms with Crippen LogP contribution in [0.3, 0.4) is 0 Å². The molecule has 0 aliphatic rings. The van der Waals surface area contributed by atoms with Gasteiger partial charge in [-0.2, -0.15) is 0 Å². The number of unbranched alkanes of at least 4 members (excludes halogenated alkanes) is 10. The summed E-state index contributed by atoms with van der Waals surface area (Å²) in [6.45, 7) is 2.13. The summed E-state index contributed by atoms with van der Waals surface area (Å²) in [5, 5.41) is 28.5. The lowest BCUT2D eigenvalue weighted by Gasteiger charge is -2.14. The van der Waals surface area contributed by atoms with Crippen LogP contribution in [-0.4, -0.2) is 116 Å². The molecule has 4 amide bonds. The van der Waals surface area contributed by atoms with E-state index in [9.17, 15) is 33.9 Å². The second-order valence-electron chi connectivity index (χ2n) is 11.2. The fourth-order valence-corrected chi connectivity index (χ4v) is 4.68. The molecule has 0 rings (SSSR count). The van der Waals surface area contributed by atoms with Crippen LogP contribution in [0.15, 0.2) is 0 Å². The molecule has 16 heteroatoms. The molecule has 0 saturated carbocycles. The molecule has 0 aliphatic carbocycles. The lowest BCUT2D eigenvalue weighted by atomic mass is 10.0. The van der Waals surface area contributed by atoms with Crippen LogP contribution in [0.4, 0.5) is 0 Å². The molecule has 0 fully saturated rings. The third-order valence-corrected chi connectivity index (χ3v) is 7.71. The third kappa shape index (κ3) is 32.0. The Morgan fingerprint density at radius 1 is 0.521 bits per heavy atom. The smallest absolute Gasteiger partial charge is 0.326 e. The first-order chi connectivity index (χ1) is 23.1. The highest BCUT2D eigenvalue weighted by atomic mass is 127. The molecular formula is C32H57IN4O11. The lowest BCUT2D eigenvalue weighted by molar-refractivity contribution is -0.142. The van der Waals surface area contributed by atoms with Gasteiger partial charge in [0, 0.05) is 38.9 Å². The summed E-state index contributed by atoms with van der Waals surface area (Å²) < 4.78 is 16.3. The monoisotopic (exact) mass is 800 g/mol. The van der Waals surface area contributed by atoms with Crippen molar-refractivity contribution in [3.05, 3.63) is 0 Å². The minimum Gasteiger partial charge on any atom is -0.481 e. The molecule has 0 aromatic heterocycles. The number of nitrogens with one attached hydrogen (secondary N) is 4. The van der Waals surface area contributed by atoms with Gasteiger partial charge in [0.2, 0.25) is 23.6 Å². The fraction of sp³-hybridized carbons (Fsp3) is 0.812. The highest BCUT2D eigenvalue weighted by Gasteiger charge is 2.20. The second-order valence-corrected chi connectivity index (χ2v) is 12.0. The number of carbonyl (C=O) groups excluding carboxylic acids is 4. The number of rotatable bonds is 34. The zero-order valence-electron chi connectivity index (χ0n) is 28.2. The molecule has 1 atom stereocenters. The second kappa shape index (κ2) is 33.0. The van der Waals surface area contributed by atoms with Gasteiger partial charge in [-0.25, -0.2) is 4.79 Å². The number of carboxylic acids is 2. The SMILES string of the molecule is O=C(O)CCCCCCCCCCCCCC(=O)N[C@@H](CCC(=O)NCCOCCOCC(=O)NCCOCCNC(=O)CI)C(=O)O. The standard InChI is InChI=1S/C32H57IN4O11/c33-24-29(40)35-17-19-46-20-18-36-30(41)25-48-23-22-47-21-16-34-27(38)15-14-26(32(44)45)37-28(39)12-10-8-6-4-2-1-3-5-7-9-11-13-31(42)43/h26H,1-25H2,(H,34,38)(H,35,40)(H,36,41)(H,37,39)(H,42,43)(H,44,45)/t26-/m0/s1. The van der Waals surface area contributed by atoms with Crippen LogP contribution in [0, 0.1) is 0 Å². The zero-order chi connectivity index (χ0) is 35.7. The van der Waals surface area contributed by atoms with Gasteiger partial charge in [0.15, 0.2) is 0 Å². The summed E-state index contributed by atoms with van der Waals surface area (Å²) in [5.41, 5.74) is 0. The van der Waals surface area contributed by atoms with Gasteiger partial charge in [-0.1, -0.05) is 80.4 Å². The lowest BCUT2D eigenvalue weighted by Crippen LogP contribution is -2.41. The van der Waals surface area contributed by atoms with Gasteiger partial charge < -0.3 is 45.7 Å². The summed E-state index contributed by atoms with van der Waals surface area (Å²) in [6.07, 6.45) is 11.4. The van der Waals surface area contributed by atoms with Crippen molar-refractivity contribution in [2.45, 2.75) is 102 Å². The average molecular weight is 801 g/mol. The Hall–Kier alpha value is -2.57. The maximum Gasteiger partial charge on any atom is 0.326 e. The van der Waals surface area contributed by atoms with Crippen molar-refractivity contribution in [1.29, 1.82) is 0 Å². The van der Waals surface area contributed by atoms with Crippen molar-refractivity contribution in [2.24, 2.45) is 0 Å². The van der Waals surface area contributed by atoms with Gasteiger partial charge in [0.05, 0.1) is 37.5 Å².